The second-order valence-corrected chi connectivity index (χ2v) is 4.88. The van der Waals surface area contributed by atoms with Gasteiger partial charge in [-0.25, -0.2) is 4.39 Å². The van der Waals surface area contributed by atoms with Crippen molar-refractivity contribution in [3.8, 4) is 5.75 Å². The largest absolute Gasteiger partial charge is 0.487 e. The Morgan fingerprint density at radius 1 is 1.50 bits per heavy atom. The zero-order valence-corrected chi connectivity index (χ0v) is 11.7. The zero-order chi connectivity index (χ0) is 13.5. The minimum atomic E-state index is -0.639. The molecular weight excluding hydrogens is 305 g/mol. The summed E-state index contributed by atoms with van der Waals surface area (Å²) in [6, 6.07) is 3.32. The first-order chi connectivity index (χ1) is 8.54. The number of halogens is 2. The van der Waals surface area contributed by atoms with Crippen molar-refractivity contribution in [3.05, 3.63) is 34.1 Å². The monoisotopic (exact) mass is 319 g/mol. The van der Waals surface area contributed by atoms with Gasteiger partial charge in [0.1, 0.15) is 5.82 Å². The third-order valence-corrected chi connectivity index (χ3v) is 3.05. The van der Waals surface area contributed by atoms with Gasteiger partial charge in [0, 0.05) is 5.33 Å². The third kappa shape index (κ3) is 4.60. The van der Waals surface area contributed by atoms with Crippen LogP contribution in [0, 0.1) is 21.8 Å². The molecule has 0 aliphatic heterocycles. The van der Waals surface area contributed by atoms with Gasteiger partial charge in [-0.3, -0.25) is 10.1 Å². The summed E-state index contributed by atoms with van der Waals surface area (Å²) < 4.78 is 18.2. The van der Waals surface area contributed by atoms with E-state index < -0.39 is 10.7 Å². The quantitative estimate of drug-likeness (QED) is 0.435. The highest BCUT2D eigenvalue weighted by Crippen LogP contribution is 2.27. The van der Waals surface area contributed by atoms with E-state index >= 15 is 0 Å². The van der Waals surface area contributed by atoms with E-state index in [0.717, 1.165) is 30.3 Å². The molecule has 0 spiro atoms. The predicted molar refractivity (Wildman–Crippen MR) is 70.7 cm³/mol. The Kier molecular flexibility index (Phi) is 6.04. The predicted octanol–water partition coefficient (Wildman–Crippen LogP) is 3.92. The van der Waals surface area contributed by atoms with Gasteiger partial charge in [0.05, 0.1) is 17.6 Å². The number of ether oxygens (including phenoxy) is 1. The molecule has 18 heavy (non-hydrogen) atoms. The van der Waals surface area contributed by atoms with Crippen LogP contribution in [0.25, 0.3) is 0 Å². The molecule has 0 saturated heterocycles. The first kappa shape index (κ1) is 14.9. The van der Waals surface area contributed by atoms with Crippen LogP contribution in [0.2, 0.25) is 0 Å². The van der Waals surface area contributed by atoms with Crippen LogP contribution in [0.3, 0.4) is 0 Å². The summed E-state index contributed by atoms with van der Waals surface area (Å²) in [4.78, 5) is 10.1. The van der Waals surface area contributed by atoms with Gasteiger partial charge in [0.2, 0.25) is 0 Å². The van der Waals surface area contributed by atoms with Crippen molar-refractivity contribution in [2.45, 2.75) is 19.8 Å². The number of rotatable bonds is 7. The van der Waals surface area contributed by atoms with Crippen LogP contribution in [0.4, 0.5) is 10.1 Å². The molecule has 0 aromatic heterocycles. The number of hydrogen-bond donors (Lipinski definition) is 0. The van der Waals surface area contributed by atoms with Gasteiger partial charge in [0.15, 0.2) is 5.75 Å². The number of nitrogens with zero attached hydrogens (tertiary/aromatic N) is 1. The summed E-state index contributed by atoms with van der Waals surface area (Å²) in [5.74, 6) is -0.0435. The topological polar surface area (TPSA) is 52.4 Å². The number of hydrogen-bond acceptors (Lipinski definition) is 3. The van der Waals surface area contributed by atoms with Crippen LogP contribution in [0.5, 0.6) is 5.75 Å². The van der Waals surface area contributed by atoms with E-state index in [1.54, 1.807) is 0 Å². The van der Waals surface area contributed by atoms with Gasteiger partial charge in [-0.2, -0.15) is 0 Å². The standard InChI is InChI=1S/C12H15BrFNO3/c1-9(4-6-13)5-7-18-12-3-2-10(14)8-11(12)15(16)17/h2-3,8-9H,4-7H2,1H3. The third-order valence-electron chi connectivity index (χ3n) is 2.59. The summed E-state index contributed by atoms with van der Waals surface area (Å²) in [5.41, 5.74) is -0.330. The average Bonchev–Trinajstić information content (AvgIpc) is 2.31. The molecule has 100 valence electrons. The van der Waals surface area contributed by atoms with Crippen molar-refractivity contribution < 1.29 is 14.1 Å². The van der Waals surface area contributed by atoms with Crippen molar-refractivity contribution >= 4 is 21.6 Å². The molecular formula is C12H15BrFNO3. The molecule has 1 unspecified atom stereocenters. The average molecular weight is 320 g/mol. The molecule has 0 bridgehead atoms. The van der Waals surface area contributed by atoms with Crippen LogP contribution < -0.4 is 4.74 Å². The van der Waals surface area contributed by atoms with Crippen molar-refractivity contribution in [3.63, 3.8) is 0 Å². The minimum absolute atomic E-state index is 0.118. The van der Waals surface area contributed by atoms with Crippen molar-refractivity contribution in [1.82, 2.24) is 0 Å². The first-order valence-corrected chi connectivity index (χ1v) is 6.79. The van der Waals surface area contributed by atoms with Crippen LogP contribution in [0.1, 0.15) is 19.8 Å². The minimum Gasteiger partial charge on any atom is -0.487 e. The van der Waals surface area contributed by atoms with Gasteiger partial charge < -0.3 is 4.74 Å². The molecule has 1 atom stereocenters. The maximum atomic E-state index is 12.9. The molecule has 0 saturated carbocycles. The van der Waals surface area contributed by atoms with Gasteiger partial charge in [0.25, 0.3) is 0 Å². The van der Waals surface area contributed by atoms with Gasteiger partial charge in [-0.15, -0.1) is 0 Å². The van der Waals surface area contributed by atoms with Crippen molar-refractivity contribution in [2.75, 3.05) is 11.9 Å². The molecule has 0 fully saturated rings. The molecule has 0 heterocycles. The molecule has 0 aliphatic rings. The van der Waals surface area contributed by atoms with Crippen LogP contribution in [0.15, 0.2) is 18.2 Å². The Morgan fingerprint density at radius 2 is 2.22 bits per heavy atom. The number of nitro benzene ring substituents is 1. The van der Waals surface area contributed by atoms with Crippen molar-refractivity contribution in [1.29, 1.82) is 0 Å². The molecule has 0 N–H and O–H groups in total. The Labute approximate surface area is 113 Å². The smallest absolute Gasteiger partial charge is 0.313 e. The van der Waals surface area contributed by atoms with E-state index in [2.05, 4.69) is 22.9 Å². The van der Waals surface area contributed by atoms with Crippen molar-refractivity contribution in [2.24, 2.45) is 5.92 Å². The molecule has 0 aliphatic carbocycles. The van der Waals surface area contributed by atoms with E-state index in [1.165, 1.54) is 6.07 Å². The summed E-state index contributed by atoms with van der Waals surface area (Å²) >= 11 is 3.35. The SMILES string of the molecule is CC(CCBr)CCOc1ccc(F)cc1[N+](=O)[O-]. The zero-order valence-electron chi connectivity index (χ0n) is 10.1. The lowest BCUT2D eigenvalue weighted by Crippen LogP contribution is -2.06. The highest BCUT2D eigenvalue weighted by molar-refractivity contribution is 9.09. The van der Waals surface area contributed by atoms with E-state index in [-0.39, 0.29) is 11.4 Å². The molecule has 0 amide bonds. The Hall–Kier alpha value is -1.17. The Morgan fingerprint density at radius 3 is 2.83 bits per heavy atom. The number of alkyl halides is 1. The highest BCUT2D eigenvalue weighted by atomic mass is 79.9. The summed E-state index contributed by atoms with van der Waals surface area (Å²) in [5, 5.41) is 11.6. The lowest BCUT2D eigenvalue weighted by molar-refractivity contribution is -0.386. The van der Waals surface area contributed by atoms with E-state index in [9.17, 15) is 14.5 Å². The molecule has 1 rings (SSSR count). The van der Waals surface area contributed by atoms with Crippen LogP contribution >= 0.6 is 15.9 Å². The summed E-state index contributed by atoms with van der Waals surface area (Å²) in [7, 11) is 0. The molecule has 6 heteroatoms. The van der Waals surface area contributed by atoms with Gasteiger partial charge in [-0.1, -0.05) is 22.9 Å². The molecule has 1 aromatic carbocycles. The fourth-order valence-electron chi connectivity index (χ4n) is 1.46. The van der Waals surface area contributed by atoms with Crippen LogP contribution in [-0.4, -0.2) is 16.9 Å². The fraction of sp³-hybridized carbons (Fsp3) is 0.500. The van der Waals surface area contributed by atoms with E-state index in [0.29, 0.717) is 12.5 Å². The first-order valence-electron chi connectivity index (χ1n) is 5.67. The maximum Gasteiger partial charge on any atom is 0.313 e. The second kappa shape index (κ2) is 7.31. The van der Waals surface area contributed by atoms with Gasteiger partial charge in [-0.05, 0) is 30.9 Å². The molecule has 0 radical (unpaired) electrons. The van der Waals surface area contributed by atoms with E-state index in [4.69, 9.17) is 4.74 Å². The Bertz CT molecular complexity index is 414. The Balaban J connectivity index is 2.59. The van der Waals surface area contributed by atoms with E-state index in [1.807, 2.05) is 0 Å². The molecule has 1 aromatic rings. The second-order valence-electron chi connectivity index (χ2n) is 4.09. The summed E-state index contributed by atoms with van der Waals surface area (Å²) in [6.45, 7) is 2.48. The highest BCUT2D eigenvalue weighted by Gasteiger charge is 2.16. The fourth-order valence-corrected chi connectivity index (χ4v) is 2.24. The number of benzene rings is 1. The van der Waals surface area contributed by atoms with Gasteiger partial charge >= 0.3 is 5.69 Å². The maximum absolute atomic E-state index is 12.9. The van der Waals surface area contributed by atoms with Crippen LogP contribution in [-0.2, 0) is 0 Å². The molecule has 4 nitrogen and oxygen atoms in total. The normalized spacial score (nSPS) is 12.2. The summed E-state index contributed by atoms with van der Waals surface area (Å²) in [6.07, 6.45) is 1.83. The lowest BCUT2D eigenvalue weighted by atomic mass is 10.1. The lowest BCUT2D eigenvalue weighted by Gasteiger charge is -2.10. The number of nitro groups is 1.